The molecule has 0 bridgehead atoms. The fourth-order valence-corrected chi connectivity index (χ4v) is 1.72. The van der Waals surface area contributed by atoms with Crippen LogP contribution in [0.2, 0.25) is 0 Å². The predicted octanol–water partition coefficient (Wildman–Crippen LogP) is 2.54. The average molecular weight is 272 g/mol. The van der Waals surface area contributed by atoms with Crippen LogP contribution in [0, 0.1) is 0 Å². The van der Waals surface area contributed by atoms with Crippen LogP contribution in [0.15, 0.2) is 45.9 Å². The van der Waals surface area contributed by atoms with Gasteiger partial charge >= 0.3 is 0 Å². The molecule has 0 saturated heterocycles. The first-order valence-electron chi connectivity index (χ1n) is 6.53. The van der Waals surface area contributed by atoms with Crippen molar-refractivity contribution in [2.45, 2.75) is 32.9 Å². The van der Waals surface area contributed by atoms with Crippen molar-refractivity contribution in [2.75, 3.05) is 0 Å². The normalized spacial score (nSPS) is 12.4. The molecule has 2 rings (SSSR count). The molecule has 0 saturated carbocycles. The molecule has 1 heterocycles. The third-order valence-electron chi connectivity index (χ3n) is 2.54. The van der Waals surface area contributed by atoms with Gasteiger partial charge in [0.2, 0.25) is 0 Å². The van der Waals surface area contributed by atoms with Crippen LogP contribution >= 0.6 is 0 Å². The van der Waals surface area contributed by atoms with Crippen molar-refractivity contribution in [1.82, 2.24) is 10.5 Å². The van der Waals surface area contributed by atoms with E-state index < -0.39 is 0 Å². The molecule has 0 radical (unpaired) electrons. The second-order valence-electron chi connectivity index (χ2n) is 5.62. The van der Waals surface area contributed by atoms with Crippen LogP contribution in [0.5, 0.6) is 0 Å². The van der Waals surface area contributed by atoms with Crippen LogP contribution in [0.25, 0.3) is 11.3 Å². The number of nitrogens with one attached hydrogen (secondary N) is 1. The Kier molecular flexibility index (Phi) is 4.08. The van der Waals surface area contributed by atoms with Gasteiger partial charge in [0.05, 0.1) is 0 Å². The van der Waals surface area contributed by atoms with Gasteiger partial charge in [0.25, 0.3) is 0 Å². The molecule has 0 aliphatic carbocycles. The molecule has 5 heteroatoms. The Balaban J connectivity index is 2.02. The van der Waals surface area contributed by atoms with E-state index >= 15 is 0 Å². The fourth-order valence-electron chi connectivity index (χ4n) is 1.72. The lowest BCUT2D eigenvalue weighted by molar-refractivity contribution is 0.386. The highest BCUT2D eigenvalue weighted by Crippen LogP contribution is 2.18. The van der Waals surface area contributed by atoms with Gasteiger partial charge in [0.1, 0.15) is 12.2 Å². The Labute approximate surface area is 118 Å². The quantitative estimate of drug-likeness (QED) is 0.665. The second-order valence-corrected chi connectivity index (χ2v) is 5.62. The third-order valence-corrected chi connectivity index (χ3v) is 2.54. The van der Waals surface area contributed by atoms with Crippen LogP contribution in [0.1, 0.15) is 26.5 Å². The van der Waals surface area contributed by atoms with Gasteiger partial charge < -0.3 is 15.6 Å². The van der Waals surface area contributed by atoms with E-state index in [0.717, 1.165) is 11.3 Å². The maximum absolute atomic E-state index is 5.80. The predicted molar refractivity (Wildman–Crippen MR) is 80.2 cm³/mol. The van der Waals surface area contributed by atoms with Crippen molar-refractivity contribution in [3.8, 4) is 11.3 Å². The molecule has 2 aromatic rings. The summed E-state index contributed by atoms with van der Waals surface area (Å²) in [6.45, 7) is 6.45. The maximum Gasteiger partial charge on any atom is 0.189 e. The van der Waals surface area contributed by atoms with Crippen LogP contribution in [-0.2, 0) is 6.54 Å². The van der Waals surface area contributed by atoms with E-state index in [2.05, 4.69) is 15.5 Å². The van der Waals surface area contributed by atoms with Crippen LogP contribution < -0.4 is 11.1 Å². The third kappa shape index (κ3) is 4.12. The highest BCUT2D eigenvalue weighted by molar-refractivity contribution is 5.78. The van der Waals surface area contributed by atoms with Gasteiger partial charge in [-0.05, 0) is 20.8 Å². The zero-order chi connectivity index (χ0) is 14.6. The van der Waals surface area contributed by atoms with E-state index in [-0.39, 0.29) is 5.54 Å². The lowest BCUT2D eigenvalue weighted by Gasteiger charge is -2.20. The molecule has 1 aromatic carbocycles. The van der Waals surface area contributed by atoms with Crippen LogP contribution in [0.4, 0.5) is 0 Å². The number of guanidine groups is 1. The van der Waals surface area contributed by atoms with Crippen molar-refractivity contribution in [1.29, 1.82) is 0 Å². The molecule has 1 aromatic heterocycles. The standard InChI is InChI=1S/C15H20N4O/c1-15(2,3)18-14(16)17-10-12-9-13(19-20-12)11-7-5-4-6-8-11/h4-9H,10H2,1-3H3,(H3,16,17,18). The molecule has 0 aliphatic rings. The topological polar surface area (TPSA) is 76.4 Å². The molecule has 0 atom stereocenters. The van der Waals surface area contributed by atoms with E-state index in [1.54, 1.807) is 0 Å². The number of benzene rings is 1. The van der Waals surface area contributed by atoms with E-state index in [1.165, 1.54) is 0 Å². The molecular formula is C15H20N4O. The minimum atomic E-state index is -0.107. The maximum atomic E-state index is 5.80. The SMILES string of the molecule is CC(C)(C)NC(N)=NCc1cc(-c2ccccc2)no1. The minimum absolute atomic E-state index is 0.107. The highest BCUT2D eigenvalue weighted by Gasteiger charge is 2.10. The summed E-state index contributed by atoms with van der Waals surface area (Å²) in [5.74, 6) is 1.08. The monoisotopic (exact) mass is 272 g/mol. The number of aromatic nitrogens is 1. The Morgan fingerprint density at radius 1 is 1.30 bits per heavy atom. The van der Waals surface area contributed by atoms with Gasteiger partial charge in [-0.25, -0.2) is 4.99 Å². The molecule has 106 valence electrons. The summed E-state index contributed by atoms with van der Waals surface area (Å²) in [5.41, 5.74) is 7.52. The minimum Gasteiger partial charge on any atom is -0.370 e. The first kappa shape index (κ1) is 14.1. The molecule has 0 aliphatic heterocycles. The first-order valence-corrected chi connectivity index (χ1v) is 6.53. The summed E-state index contributed by atoms with van der Waals surface area (Å²) in [4.78, 5) is 4.24. The van der Waals surface area contributed by atoms with Crippen LogP contribution in [0.3, 0.4) is 0 Å². The fraction of sp³-hybridized carbons (Fsp3) is 0.333. The molecule has 3 N–H and O–H groups in total. The van der Waals surface area contributed by atoms with Gasteiger partial charge in [-0.2, -0.15) is 0 Å². The highest BCUT2D eigenvalue weighted by atomic mass is 16.5. The van der Waals surface area contributed by atoms with Gasteiger partial charge in [-0.1, -0.05) is 35.5 Å². The van der Waals surface area contributed by atoms with Gasteiger partial charge in [-0.15, -0.1) is 0 Å². The van der Waals surface area contributed by atoms with E-state index in [0.29, 0.717) is 18.3 Å². The summed E-state index contributed by atoms with van der Waals surface area (Å²) in [6.07, 6.45) is 0. The number of nitrogens with zero attached hydrogens (tertiary/aromatic N) is 2. The van der Waals surface area contributed by atoms with Gasteiger partial charge in [-0.3, -0.25) is 0 Å². The smallest absolute Gasteiger partial charge is 0.189 e. The number of rotatable bonds is 3. The van der Waals surface area contributed by atoms with E-state index in [9.17, 15) is 0 Å². The average Bonchev–Trinajstić information content (AvgIpc) is 2.84. The molecule has 0 amide bonds. The Morgan fingerprint density at radius 3 is 2.65 bits per heavy atom. The number of aliphatic imine (C=N–C) groups is 1. The van der Waals surface area contributed by atoms with Gasteiger partial charge in [0.15, 0.2) is 11.7 Å². The summed E-state index contributed by atoms with van der Waals surface area (Å²) in [5, 5.41) is 7.13. The van der Waals surface area contributed by atoms with Gasteiger partial charge in [0, 0.05) is 17.2 Å². The van der Waals surface area contributed by atoms with E-state index in [4.69, 9.17) is 10.3 Å². The Hall–Kier alpha value is -2.30. The number of hydrogen-bond donors (Lipinski definition) is 2. The molecule has 20 heavy (non-hydrogen) atoms. The Morgan fingerprint density at radius 2 is 2.00 bits per heavy atom. The van der Waals surface area contributed by atoms with Crippen molar-refractivity contribution < 1.29 is 4.52 Å². The summed E-state index contributed by atoms with van der Waals surface area (Å²) in [6, 6.07) is 11.7. The summed E-state index contributed by atoms with van der Waals surface area (Å²) in [7, 11) is 0. The number of hydrogen-bond acceptors (Lipinski definition) is 3. The summed E-state index contributed by atoms with van der Waals surface area (Å²) < 4.78 is 5.26. The van der Waals surface area contributed by atoms with E-state index in [1.807, 2.05) is 57.2 Å². The van der Waals surface area contributed by atoms with Crippen molar-refractivity contribution in [3.05, 3.63) is 42.2 Å². The number of nitrogens with two attached hydrogens (primary N) is 1. The zero-order valence-electron chi connectivity index (χ0n) is 12.1. The molecular weight excluding hydrogens is 252 g/mol. The second kappa shape index (κ2) is 5.77. The molecule has 5 nitrogen and oxygen atoms in total. The largest absolute Gasteiger partial charge is 0.370 e. The first-order chi connectivity index (χ1) is 9.44. The van der Waals surface area contributed by atoms with Crippen molar-refractivity contribution >= 4 is 5.96 Å². The molecule has 0 unspecified atom stereocenters. The zero-order valence-corrected chi connectivity index (χ0v) is 12.1. The van der Waals surface area contributed by atoms with Crippen LogP contribution in [-0.4, -0.2) is 16.7 Å². The molecule has 0 fully saturated rings. The molecule has 0 spiro atoms. The lowest BCUT2D eigenvalue weighted by Crippen LogP contribution is -2.44. The Bertz CT molecular complexity index is 581. The lowest BCUT2D eigenvalue weighted by atomic mass is 10.1. The summed E-state index contributed by atoms with van der Waals surface area (Å²) >= 11 is 0. The van der Waals surface area contributed by atoms with Crippen molar-refractivity contribution in [2.24, 2.45) is 10.7 Å². The van der Waals surface area contributed by atoms with Crippen molar-refractivity contribution in [3.63, 3.8) is 0 Å².